The van der Waals surface area contributed by atoms with Gasteiger partial charge in [0.15, 0.2) is 5.16 Å². The molecule has 0 saturated heterocycles. The van der Waals surface area contributed by atoms with Crippen LogP contribution >= 0.6 is 23.4 Å². The molecule has 0 radical (unpaired) electrons. The molecule has 2 aromatic heterocycles. The number of hydrogen-bond acceptors (Lipinski definition) is 5. The second kappa shape index (κ2) is 7.62. The van der Waals surface area contributed by atoms with E-state index in [1.807, 2.05) is 31.2 Å². The SMILES string of the molecule is Cc1nc(SCc2nnc(-c3ccc(Cl)cc3)o2)n(CC(C)C)c1C. The van der Waals surface area contributed by atoms with E-state index in [4.69, 9.17) is 16.0 Å². The summed E-state index contributed by atoms with van der Waals surface area (Å²) in [7, 11) is 0. The highest BCUT2D eigenvalue weighted by molar-refractivity contribution is 7.98. The van der Waals surface area contributed by atoms with E-state index in [1.165, 1.54) is 5.69 Å². The molecule has 2 heterocycles. The number of aromatic nitrogens is 4. The van der Waals surface area contributed by atoms with Crippen LogP contribution in [-0.4, -0.2) is 19.7 Å². The van der Waals surface area contributed by atoms with Gasteiger partial charge in [-0.15, -0.1) is 10.2 Å². The number of halogens is 1. The maximum absolute atomic E-state index is 5.91. The highest BCUT2D eigenvalue weighted by Crippen LogP contribution is 2.27. The second-order valence-corrected chi connectivity index (χ2v) is 7.75. The Morgan fingerprint density at radius 3 is 2.56 bits per heavy atom. The van der Waals surface area contributed by atoms with Gasteiger partial charge in [-0.25, -0.2) is 4.98 Å². The Kier molecular flexibility index (Phi) is 5.49. The Balaban J connectivity index is 1.72. The van der Waals surface area contributed by atoms with E-state index in [9.17, 15) is 0 Å². The molecule has 7 heteroatoms. The maximum atomic E-state index is 5.91. The second-order valence-electron chi connectivity index (χ2n) is 6.37. The van der Waals surface area contributed by atoms with E-state index in [0.29, 0.717) is 28.5 Å². The Bertz CT molecular complexity index is 855. The van der Waals surface area contributed by atoms with Gasteiger partial charge in [-0.05, 0) is 44.0 Å². The van der Waals surface area contributed by atoms with Crippen LogP contribution < -0.4 is 0 Å². The highest BCUT2D eigenvalue weighted by atomic mass is 35.5. The number of nitrogens with zero attached hydrogens (tertiary/aromatic N) is 4. The predicted molar refractivity (Wildman–Crippen MR) is 101 cm³/mol. The molecule has 0 saturated carbocycles. The van der Waals surface area contributed by atoms with Gasteiger partial charge >= 0.3 is 0 Å². The van der Waals surface area contributed by atoms with E-state index in [1.54, 1.807) is 11.8 Å². The Morgan fingerprint density at radius 1 is 1.16 bits per heavy atom. The molecule has 0 bridgehead atoms. The molecule has 0 unspecified atom stereocenters. The molecule has 0 aliphatic heterocycles. The minimum atomic E-state index is 0.505. The zero-order chi connectivity index (χ0) is 18.0. The highest BCUT2D eigenvalue weighted by Gasteiger charge is 2.15. The lowest BCUT2D eigenvalue weighted by Crippen LogP contribution is -2.07. The van der Waals surface area contributed by atoms with Gasteiger partial charge < -0.3 is 8.98 Å². The normalized spacial score (nSPS) is 11.4. The third-order valence-electron chi connectivity index (χ3n) is 3.85. The number of rotatable bonds is 6. The first-order valence-electron chi connectivity index (χ1n) is 8.19. The van der Waals surface area contributed by atoms with Gasteiger partial charge in [0, 0.05) is 22.8 Å². The molecule has 0 spiro atoms. The largest absolute Gasteiger partial charge is 0.420 e. The van der Waals surface area contributed by atoms with Crippen LogP contribution in [0.2, 0.25) is 5.02 Å². The maximum Gasteiger partial charge on any atom is 0.247 e. The molecule has 0 fully saturated rings. The van der Waals surface area contributed by atoms with Crippen LogP contribution in [0.15, 0.2) is 33.8 Å². The molecule has 5 nitrogen and oxygen atoms in total. The van der Waals surface area contributed by atoms with Crippen molar-refractivity contribution in [1.29, 1.82) is 0 Å². The lowest BCUT2D eigenvalue weighted by atomic mass is 10.2. The summed E-state index contributed by atoms with van der Waals surface area (Å²) in [4.78, 5) is 4.67. The summed E-state index contributed by atoms with van der Waals surface area (Å²) in [5, 5.41) is 9.94. The minimum absolute atomic E-state index is 0.505. The van der Waals surface area contributed by atoms with Crippen molar-refractivity contribution in [3.8, 4) is 11.5 Å². The summed E-state index contributed by atoms with van der Waals surface area (Å²) in [5.41, 5.74) is 3.14. The third-order valence-corrected chi connectivity index (χ3v) is 5.07. The minimum Gasteiger partial charge on any atom is -0.420 e. The van der Waals surface area contributed by atoms with Gasteiger partial charge in [0.2, 0.25) is 11.8 Å². The van der Waals surface area contributed by atoms with Crippen LogP contribution in [0.4, 0.5) is 0 Å². The van der Waals surface area contributed by atoms with Crippen molar-refractivity contribution >= 4 is 23.4 Å². The first kappa shape index (κ1) is 18.0. The van der Waals surface area contributed by atoms with Crippen molar-refractivity contribution in [1.82, 2.24) is 19.7 Å². The fourth-order valence-corrected chi connectivity index (χ4v) is 3.53. The lowest BCUT2D eigenvalue weighted by Gasteiger charge is -2.11. The molecule has 0 atom stereocenters. The van der Waals surface area contributed by atoms with E-state index in [0.717, 1.165) is 23.0 Å². The van der Waals surface area contributed by atoms with Gasteiger partial charge in [-0.1, -0.05) is 37.2 Å². The van der Waals surface area contributed by atoms with Crippen molar-refractivity contribution in [2.75, 3.05) is 0 Å². The first-order valence-corrected chi connectivity index (χ1v) is 9.55. The van der Waals surface area contributed by atoms with E-state index in [2.05, 4.69) is 40.5 Å². The van der Waals surface area contributed by atoms with Crippen molar-refractivity contribution in [3.05, 3.63) is 46.6 Å². The molecule has 3 rings (SSSR count). The molecule has 132 valence electrons. The number of benzene rings is 1. The average Bonchev–Trinajstić information content (AvgIpc) is 3.14. The van der Waals surface area contributed by atoms with Crippen molar-refractivity contribution in [2.45, 2.75) is 45.1 Å². The predicted octanol–water partition coefficient (Wildman–Crippen LogP) is 5.15. The molecule has 1 aromatic carbocycles. The molecule has 0 amide bonds. The third kappa shape index (κ3) is 4.25. The topological polar surface area (TPSA) is 56.7 Å². The Hall–Kier alpha value is -1.79. The fraction of sp³-hybridized carbons (Fsp3) is 0.389. The standard InChI is InChI=1S/C18H21ClN4OS/c1-11(2)9-23-13(4)12(3)20-18(23)25-10-16-21-22-17(24-16)14-5-7-15(19)8-6-14/h5-8,11H,9-10H2,1-4H3. The van der Waals surface area contributed by atoms with E-state index >= 15 is 0 Å². The number of hydrogen-bond donors (Lipinski definition) is 0. The van der Waals surface area contributed by atoms with Crippen LogP contribution in [-0.2, 0) is 12.3 Å². The number of imidazole rings is 1. The van der Waals surface area contributed by atoms with Gasteiger partial charge in [-0.2, -0.15) is 0 Å². The van der Waals surface area contributed by atoms with Gasteiger partial charge in [0.25, 0.3) is 0 Å². The van der Waals surface area contributed by atoms with Gasteiger partial charge in [-0.3, -0.25) is 0 Å². The zero-order valence-electron chi connectivity index (χ0n) is 14.8. The molecular formula is C18H21ClN4OS. The molecule has 0 N–H and O–H groups in total. The first-order chi connectivity index (χ1) is 11.9. The average molecular weight is 377 g/mol. The van der Waals surface area contributed by atoms with E-state index in [-0.39, 0.29) is 0 Å². The smallest absolute Gasteiger partial charge is 0.247 e. The van der Waals surface area contributed by atoms with Gasteiger partial charge in [0.05, 0.1) is 11.4 Å². The lowest BCUT2D eigenvalue weighted by molar-refractivity contribution is 0.485. The summed E-state index contributed by atoms with van der Waals surface area (Å²) < 4.78 is 8.03. The van der Waals surface area contributed by atoms with Crippen LogP contribution in [0.25, 0.3) is 11.5 Å². The number of thioether (sulfide) groups is 1. The van der Waals surface area contributed by atoms with Crippen molar-refractivity contribution in [2.24, 2.45) is 5.92 Å². The molecule has 3 aromatic rings. The molecule has 0 aliphatic carbocycles. The monoisotopic (exact) mass is 376 g/mol. The molecule has 0 aliphatic rings. The van der Waals surface area contributed by atoms with Crippen LogP contribution in [0, 0.1) is 19.8 Å². The summed E-state index contributed by atoms with van der Waals surface area (Å²) >= 11 is 7.53. The van der Waals surface area contributed by atoms with Crippen molar-refractivity contribution < 1.29 is 4.42 Å². The molecule has 25 heavy (non-hydrogen) atoms. The zero-order valence-corrected chi connectivity index (χ0v) is 16.4. The van der Waals surface area contributed by atoms with Crippen LogP contribution in [0.1, 0.15) is 31.1 Å². The summed E-state index contributed by atoms with van der Waals surface area (Å²) in [5.74, 6) is 2.25. The quantitative estimate of drug-likeness (QED) is 0.556. The summed E-state index contributed by atoms with van der Waals surface area (Å²) in [6.07, 6.45) is 0. The Labute approximate surface area is 156 Å². The molecular weight excluding hydrogens is 356 g/mol. The fourth-order valence-electron chi connectivity index (χ4n) is 2.46. The summed E-state index contributed by atoms with van der Waals surface area (Å²) in [6, 6.07) is 7.36. The van der Waals surface area contributed by atoms with Gasteiger partial charge in [0.1, 0.15) is 0 Å². The van der Waals surface area contributed by atoms with Crippen molar-refractivity contribution in [3.63, 3.8) is 0 Å². The van der Waals surface area contributed by atoms with Crippen LogP contribution in [0.3, 0.4) is 0 Å². The van der Waals surface area contributed by atoms with Crippen LogP contribution in [0.5, 0.6) is 0 Å². The summed E-state index contributed by atoms with van der Waals surface area (Å²) in [6.45, 7) is 9.52. The Morgan fingerprint density at radius 2 is 1.88 bits per heavy atom. The number of aryl methyl sites for hydroxylation is 1. The van der Waals surface area contributed by atoms with E-state index < -0.39 is 0 Å².